The first-order valence-electron chi connectivity index (χ1n) is 25.2. The van der Waals surface area contributed by atoms with E-state index in [-0.39, 0.29) is 43.8 Å². The van der Waals surface area contributed by atoms with Crippen molar-refractivity contribution >= 4 is 52.3 Å². The predicted molar refractivity (Wildman–Crippen MR) is 286 cm³/mol. The molecular weight excluding hydrogens is 973 g/mol. The molecule has 18 heteroatoms. The summed E-state index contributed by atoms with van der Waals surface area (Å²) in [5.74, 6) is -2.25. The minimum Gasteiger partial charge on any atom is -0.391 e. The van der Waals surface area contributed by atoms with E-state index in [1.807, 2.05) is 118 Å². The first-order chi connectivity index (χ1) is 35.8. The number of alkyl halides is 2. The minimum absolute atomic E-state index is 0.0381. The number of pyridine rings is 2. The van der Waals surface area contributed by atoms with E-state index in [1.54, 1.807) is 40.5 Å². The number of nitrogens with zero attached hydrogens (tertiary/aromatic N) is 7. The minimum atomic E-state index is -2.80. The fourth-order valence-corrected chi connectivity index (χ4v) is 10.9. The van der Waals surface area contributed by atoms with Crippen LogP contribution in [0, 0.1) is 29.1 Å². The quantitative estimate of drug-likeness (QED) is 0.0545. The Kier molecular flexibility index (Phi) is 15.1. The zero-order valence-corrected chi connectivity index (χ0v) is 43.4. The number of carbonyl (C=O) groups excluding carboxylic acids is 3. The highest BCUT2D eigenvalue weighted by atomic mass is 32.1. The van der Waals surface area contributed by atoms with Crippen LogP contribution in [0.2, 0.25) is 0 Å². The smallest absolute Gasteiger partial charge is 0.266 e. The summed E-state index contributed by atoms with van der Waals surface area (Å²) in [5.41, 5.74) is 8.17. The number of aliphatic hydroxyl groups is 1. The number of benzene rings is 3. The Morgan fingerprint density at radius 3 is 2.16 bits per heavy atom. The highest BCUT2D eigenvalue weighted by molar-refractivity contribution is 7.13. The van der Waals surface area contributed by atoms with Crippen LogP contribution < -0.4 is 20.9 Å². The molecular formula is C57H61F2N11O4S. The molecule has 0 spiro atoms. The van der Waals surface area contributed by atoms with Gasteiger partial charge in [-0.15, -0.1) is 11.3 Å². The molecule has 3 fully saturated rings. The molecule has 5 N–H and O–H groups in total. The number of nitrogens with one attached hydrogen (secondary N) is 4. The van der Waals surface area contributed by atoms with Gasteiger partial charge in [0.2, 0.25) is 11.8 Å². The molecule has 388 valence electrons. The molecule has 0 radical (unpaired) electrons. The maximum Gasteiger partial charge on any atom is 0.266 e. The summed E-state index contributed by atoms with van der Waals surface area (Å²) < 4.78 is 28.6. The third kappa shape index (κ3) is 12.0. The van der Waals surface area contributed by atoms with Gasteiger partial charge in [-0.05, 0) is 102 Å². The van der Waals surface area contributed by atoms with Crippen molar-refractivity contribution in [2.24, 2.45) is 5.41 Å². The molecule has 9 rings (SSSR count). The van der Waals surface area contributed by atoms with Crippen LogP contribution in [-0.4, -0.2) is 110 Å². The van der Waals surface area contributed by atoms with Crippen LogP contribution in [0.1, 0.15) is 104 Å². The summed E-state index contributed by atoms with van der Waals surface area (Å²) in [6.07, 6.45) is 1.92. The van der Waals surface area contributed by atoms with Crippen LogP contribution in [0.5, 0.6) is 0 Å². The lowest BCUT2D eigenvalue weighted by Crippen LogP contribution is -2.57. The van der Waals surface area contributed by atoms with Crippen LogP contribution in [-0.2, 0) is 9.59 Å². The number of piperidine rings is 1. The molecule has 15 nitrogen and oxygen atoms in total. The molecule has 1 unspecified atom stereocenters. The first kappa shape index (κ1) is 52.3. The van der Waals surface area contributed by atoms with Crippen molar-refractivity contribution in [3.05, 3.63) is 142 Å². The molecule has 6 heterocycles. The molecule has 3 aliphatic heterocycles. The lowest BCUT2D eigenvalue weighted by atomic mass is 9.85. The van der Waals surface area contributed by atoms with Gasteiger partial charge in [0.05, 0.1) is 46.4 Å². The number of aromatic nitrogens is 3. The van der Waals surface area contributed by atoms with Crippen molar-refractivity contribution < 1.29 is 28.3 Å². The number of rotatable bonds is 13. The standard InChI is InChI=1S/C57H61F2N11O4S/c1-34(37-6-12-41(13-7-37)50-35(2)63-33-75-50)64-54(73)46-29-45(71)31-70(46)55(74)51(56(3,4)5)67-53(72)43-16-10-39(11-17-43)38-8-14-42(15-9-38)52(61)68-23-19-40(20-24-68)44-27-48(65-47-26-36(30-60)18-22-62-47)66-49(28-44)69-25-21-57(58,59)32-69/h6-18,22,26-28,33-34,40,45-46,51,61,71H,19-21,23-25,29,31-32H2,1-5H3,(H,64,73)(H,67,72)(H,62,65,66)/t34-,45+,46-,51?/m0/s1. The second kappa shape index (κ2) is 21.7. The number of halogens is 2. The van der Waals surface area contributed by atoms with E-state index >= 15 is 0 Å². The molecule has 0 saturated carbocycles. The van der Waals surface area contributed by atoms with Gasteiger partial charge in [0.25, 0.3) is 11.8 Å². The Bertz CT molecular complexity index is 3110. The highest BCUT2D eigenvalue weighted by Gasteiger charge is 2.45. The van der Waals surface area contributed by atoms with Gasteiger partial charge < -0.3 is 35.8 Å². The predicted octanol–water partition coefficient (Wildman–Crippen LogP) is 9.22. The summed E-state index contributed by atoms with van der Waals surface area (Å²) in [6, 6.07) is 29.5. The van der Waals surface area contributed by atoms with Gasteiger partial charge in [0.1, 0.15) is 35.4 Å². The van der Waals surface area contributed by atoms with Gasteiger partial charge in [0, 0.05) is 56.3 Å². The van der Waals surface area contributed by atoms with Crippen LogP contribution in [0.25, 0.3) is 21.6 Å². The number of hydrogen-bond acceptors (Lipinski definition) is 12. The SMILES string of the molecule is Cc1ncsc1-c1ccc([C@H](C)NC(=O)[C@@H]2C[C@@H](O)CN2C(=O)C(NC(=O)c2ccc(-c3ccc(C(=N)N4CCC(c5cc(Nc6cc(C#N)ccn6)nc(N6CCC(F)(F)C6)c5)CC4)cc3)cc2)C(C)(C)C)cc1. The molecule has 4 atom stereocenters. The van der Waals surface area contributed by atoms with Crippen LogP contribution in [0.3, 0.4) is 0 Å². The first-order valence-corrected chi connectivity index (χ1v) is 26.1. The fraction of sp³-hybridized carbons (Fsp3) is 0.368. The number of amidine groups is 1. The highest BCUT2D eigenvalue weighted by Crippen LogP contribution is 2.37. The third-order valence-electron chi connectivity index (χ3n) is 14.4. The molecule has 3 saturated heterocycles. The number of carbonyl (C=O) groups is 3. The van der Waals surface area contributed by atoms with E-state index in [0.717, 1.165) is 56.8 Å². The number of anilines is 3. The largest absolute Gasteiger partial charge is 0.391 e. The summed E-state index contributed by atoms with van der Waals surface area (Å²) in [6.45, 7) is 10.4. The fourth-order valence-electron chi connectivity index (χ4n) is 10.1. The zero-order valence-electron chi connectivity index (χ0n) is 42.6. The van der Waals surface area contributed by atoms with Crippen molar-refractivity contribution in [2.45, 2.75) is 96.4 Å². The second-order valence-electron chi connectivity index (χ2n) is 20.9. The van der Waals surface area contributed by atoms with Gasteiger partial charge >= 0.3 is 0 Å². The third-order valence-corrected chi connectivity index (χ3v) is 15.4. The number of hydrogen-bond donors (Lipinski definition) is 5. The lowest BCUT2D eigenvalue weighted by Gasteiger charge is -2.35. The Labute approximate surface area is 439 Å². The molecule has 75 heavy (non-hydrogen) atoms. The molecule has 0 bridgehead atoms. The molecule has 0 aliphatic carbocycles. The number of aliphatic hydroxyl groups excluding tert-OH is 1. The average Bonchev–Trinajstić information content (AvgIpc) is 4.14. The van der Waals surface area contributed by atoms with Crippen molar-refractivity contribution in [1.29, 1.82) is 10.7 Å². The molecule has 6 aromatic rings. The van der Waals surface area contributed by atoms with Crippen molar-refractivity contribution in [2.75, 3.05) is 42.9 Å². The van der Waals surface area contributed by atoms with Gasteiger partial charge in [-0.1, -0.05) is 81.4 Å². The molecule has 3 aromatic carbocycles. The molecule has 3 amide bonds. The van der Waals surface area contributed by atoms with Crippen molar-refractivity contribution in [3.63, 3.8) is 0 Å². The maximum absolute atomic E-state index is 14.4. The summed E-state index contributed by atoms with van der Waals surface area (Å²) in [7, 11) is 0. The van der Waals surface area contributed by atoms with Gasteiger partial charge in [-0.3, -0.25) is 19.8 Å². The number of likely N-dealkylation sites (tertiary alicyclic amines) is 2. The molecule has 3 aliphatic rings. The zero-order chi connectivity index (χ0) is 53.2. The Morgan fingerprint density at radius 2 is 1.55 bits per heavy atom. The summed E-state index contributed by atoms with van der Waals surface area (Å²) >= 11 is 1.57. The van der Waals surface area contributed by atoms with Crippen LogP contribution >= 0.6 is 11.3 Å². The van der Waals surface area contributed by atoms with Gasteiger partial charge in [0.15, 0.2) is 0 Å². The number of β-amino-alcohol motifs (C(OH)–C–C–N with tert-alkyl or cyclic N) is 1. The van der Waals surface area contributed by atoms with E-state index in [9.17, 15) is 33.5 Å². The number of thiazole rings is 1. The summed E-state index contributed by atoms with van der Waals surface area (Å²) in [5, 5.41) is 38.4. The Morgan fingerprint density at radius 1 is 0.880 bits per heavy atom. The monoisotopic (exact) mass is 1030 g/mol. The molecule has 3 aromatic heterocycles. The maximum atomic E-state index is 14.4. The Hall–Kier alpha value is -7.62. The average molecular weight is 1030 g/mol. The number of amides is 3. The topological polar surface area (TPSA) is 204 Å². The summed E-state index contributed by atoms with van der Waals surface area (Å²) in [4.78, 5) is 61.5. The van der Waals surface area contributed by atoms with E-state index < -0.39 is 47.9 Å². The Balaban J connectivity index is 0.804. The van der Waals surface area contributed by atoms with E-state index in [0.29, 0.717) is 47.5 Å². The van der Waals surface area contributed by atoms with E-state index in [2.05, 4.69) is 37.0 Å². The van der Waals surface area contributed by atoms with Crippen molar-refractivity contribution in [3.8, 4) is 27.6 Å². The van der Waals surface area contributed by atoms with E-state index in [1.165, 1.54) is 11.1 Å². The number of aryl methyl sites for hydroxylation is 1. The lowest BCUT2D eigenvalue weighted by molar-refractivity contribution is -0.142. The van der Waals surface area contributed by atoms with Gasteiger partial charge in [-0.25, -0.2) is 23.7 Å². The van der Waals surface area contributed by atoms with Crippen LogP contribution in [0.15, 0.2) is 109 Å². The van der Waals surface area contributed by atoms with Crippen molar-refractivity contribution in [1.82, 2.24) is 35.4 Å². The number of nitriles is 1. The second-order valence-corrected chi connectivity index (χ2v) is 21.7. The van der Waals surface area contributed by atoms with Crippen LogP contribution in [0.4, 0.5) is 26.2 Å². The van der Waals surface area contributed by atoms with Gasteiger partial charge in [-0.2, -0.15) is 5.26 Å². The normalized spacial score (nSPS) is 18.5. The van der Waals surface area contributed by atoms with E-state index in [4.69, 9.17) is 5.41 Å².